The van der Waals surface area contributed by atoms with Crippen molar-refractivity contribution in [3.05, 3.63) is 6.61 Å². The van der Waals surface area contributed by atoms with Crippen LogP contribution in [0.25, 0.3) is 0 Å². The van der Waals surface area contributed by atoms with Gasteiger partial charge in [-0.25, -0.2) is 0 Å². The Morgan fingerprint density at radius 1 is 1.71 bits per heavy atom. The van der Waals surface area contributed by atoms with E-state index in [1.54, 1.807) is 13.8 Å². The second-order valence-electron chi connectivity index (χ2n) is 1.69. The van der Waals surface area contributed by atoms with E-state index in [1.165, 1.54) is 0 Å². The normalized spacial score (nSPS) is 9.71. The van der Waals surface area contributed by atoms with Gasteiger partial charge in [0.1, 0.15) is 6.61 Å². The van der Waals surface area contributed by atoms with Gasteiger partial charge in [-0.2, -0.15) is 0 Å². The molecule has 0 saturated carbocycles. The first-order valence-corrected chi connectivity index (χ1v) is 2.19. The van der Waals surface area contributed by atoms with Crippen molar-refractivity contribution in [1.29, 1.82) is 0 Å². The number of carbonyl (C=O) groups excluding carboxylic acids is 1. The van der Waals surface area contributed by atoms with E-state index in [2.05, 4.69) is 0 Å². The van der Waals surface area contributed by atoms with Gasteiger partial charge in [-0.05, 0) is 0 Å². The number of Topliss-reactive ketones (excluding diaryl/α,β-unsaturated/α-hetero) is 1. The molecule has 0 aromatic heterocycles. The quantitative estimate of drug-likeness (QED) is 0.557. The summed E-state index contributed by atoms with van der Waals surface area (Å²) in [5, 5.41) is 8.03. The first kappa shape index (κ1) is 6.63. The number of ketones is 1. The first-order valence-electron chi connectivity index (χ1n) is 2.19. The summed E-state index contributed by atoms with van der Waals surface area (Å²) >= 11 is 0. The second-order valence-corrected chi connectivity index (χ2v) is 1.69. The number of aliphatic hydroxyl groups is 1. The zero-order chi connectivity index (χ0) is 5.86. The van der Waals surface area contributed by atoms with Crippen molar-refractivity contribution >= 4 is 5.78 Å². The Morgan fingerprint density at radius 3 is 2.14 bits per heavy atom. The molecule has 0 aliphatic heterocycles. The van der Waals surface area contributed by atoms with Crippen LogP contribution in [0.2, 0.25) is 0 Å². The van der Waals surface area contributed by atoms with E-state index < -0.39 is 0 Å². The van der Waals surface area contributed by atoms with Crippen molar-refractivity contribution in [3.8, 4) is 0 Å². The van der Waals surface area contributed by atoms with Crippen LogP contribution >= 0.6 is 0 Å². The van der Waals surface area contributed by atoms with E-state index >= 15 is 0 Å². The molecule has 0 rings (SSSR count). The molecule has 0 unspecified atom stereocenters. The van der Waals surface area contributed by atoms with Crippen LogP contribution < -0.4 is 0 Å². The summed E-state index contributed by atoms with van der Waals surface area (Å²) < 4.78 is 0. The molecular weight excluding hydrogens is 92.1 g/mol. The fraction of sp³-hybridized carbons (Fsp3) is 0.600. The van der Waals surface area contributed by atoms with Crippen LogP contribution in [0.15, 0.2) is 0 Å². The zero-order valence-electron chi connectivity index (χ0n) is 4.51. The van der Waals surface area contributed by atoms with Crippen molar-refractivity contribution < 1.29 is 9.90 Å². The number of carbonyl (C=O) groups is 1. The van der Waals surface area contributed by atoms with Crippen LogP contribution in [0.1, 0.15) is 13.8 Å². The molecule has 1 N–H and O–H groups in total. The molecule has 0 bridgehead atoms. The summed E-state index contributed by atoms with van der Waals surface area (Å²) in [6, 6.07) is 0. The zero-order valence-corrected chi connectivity index (χ0v) is 4.51. The maximum atomic E-state index is 10.2. The van der Waals surface area contributed by atoms with Crippen LogP contribution in [0, 0.1) is 12.5 Å². The molecule has 7 heavy (non-hydrogen) atoms. The average molecular weight is 101 g/mol. The summed E-state index contributed by atoms with van der Waals surface area (Å²) in [4.78, 5) is 10.2. The Morgan fingerprint density at radius 2 is 2.14 bits per heavy atom. The van der Waals surface area contributed by atoms with Crippen LogP contribution in [0.5, 0.6) is 0 Å². The third kappa shape index (κ3) is 2.34. The smallest absolute Gasteiger partial charge is 0.166 e. The van der Waals surface area contributed by atoms with Gasteiger partial charge in [0.2, 0.25) is 0 Å². The van der Waals surface area contributed by atoms with Gasteiger partial charge in [0, 0.05) is 5.92 Å². The molecular formula is C5H9O2. The minimum absolute atomic E-state index is 0.0787. The van der Waals surface area contributed by atoms with Crippen LogP contribution in [-0.2, 0) is 4.79 Å². The summed E-state index contributed by atoms with van der Waals surface area (Å²) in [6.45, 7) is 4.06. The minimum atomic E-state index is -0.222. The minimum Gasteiger partial charge on any atom is -0.382 e. The second kappa shape index (κ2) is 2.75. The lowest BCUT2D eigenvalue weighted by Gasteiger charge is -1.94. The average Bonchev–Trinajstić information content (AvgIpc) is 1.65. The molecule has 2 heteroatoms. The summed E-state index contributed by atoms with van der Waals surface area (Å²) in [5.41, 5.74) is 0. The molecule has 0 amide bonds. The molecule has 0 heterocycles. The van der Waals surface area contributed by atoms with Gasteiger partial charge in [-0.15, -0.1) is 0 Å². The maximum Gasteiger partial charge on any atom is 0.166 e. The molecule has 0 aromatic rings. The van der Waals surface area contributed by atoms with Crippen molar-refractivity contribution in [2.45, 2.75) is 13.8 Å². The number of rotatable bonds is 2. The van der Waals surface area contributed by atoms with E-state index in [9.17, 15) is 4.79 Å². The number of hydrogen-bond acceptors (Lipinski definition) is 2. The molecule has 0 aromatic carbocycles. The predicted molar refractivity (Wildman–Crippen MR) is 26.1 cm³/mol. The van der Waals surface area contributed by atoms with E-state index in [1.807, 2.05) is 0 Å². The van der Waals surface area contributed by atoms with E-state index in [-0.39, 0.29) is 11.7 Å². The largest absolute Gasteiger partial charge is 0.382 e. The predicted octanol–water partition coefficient (Wildman–Crippen LogP) is 0.746. The molecule has 0 atom stereocenters. The molecule has 41 valence electrons. The van der Waals surface area contributed by atoms with Crippen molar-refractivity contribution in [2.75, 3.05) is 0 Å². The molecule has 0 saturated heterocycles. The van der Waals surface area contributed by atoms with E-state index in [0.29, 0.717) is 6.61 Å². The third-order valence-corrected chi connectivity index (χ3v) is 0.696. The fourth-order valence-corrected chi connectivity index (χ4v) is 0.149. The monoisotopic (exact) mass is 101 g/mol. The Hall–Kier alpha value is -0.370. The van der Waals surface area contributed by atoms with Crippen LogP contribution in [0.4, 0.5) is 0 Å². The van der Waals surface area contributed by atoms with Crippen molar-refractivity contribution in [1.82, 2.24) is 0 Å². The van der Waals surface area contributed by atoms with Gasteiger partial charge in [-0.1, -0.05) is 13.8 Å². The highest BCUT2D eigenvalue weighted by molar-refractivity contribution is 5.86. The van der Waals surface area contributed by atoms with Crippen molar-refractivity contribution in [3.63, 3.8) is 0 Å². The lowest BCUT2D eigenvalue weighted by Crippen LogP contribution is -2.05. The molecule has 2 nitrogen and oxygen atoms in total. The Bertz CT molecular complexity index is 66.5. The number of aliphatic hydroxyl groups excluding tert-OH is 1. The molecule has 0 aliphatic rings. The van der Waals surface area contributed by atoms with Crippen LogP contribution in [0.3, 0.4) is 0 Å². The Labute approximate surface area is 43.2 Å². The maximum absolute atomic E-state index is 10.2. The lowest BCUT2D eigenvalue weighted by atomic mass is 10.1. The van der Waals surface area contributed by atoms with Gasteiger partial charge in [-0.3, -0.25) is 4.79 Å². The highest BCUT2D eigenvalue weighted by Crippen LogP contribution is 1.93. The highest BCUT2D eigenvalue weighted by Gasteiger charge is 2.03. The van der Waals surface area contributed by atoms with Crippen LogP contribution in [-0.4, -0.2) is 10.9 Å². The molecule has 0 spiro atoms. The summed E-state index contributed by atoms with van der Waals surface area (Å²) in [5.74, 6) is -0.301. The SMILES string of the molecule is CC(C)C(=O)[CH]O. The standard InChI is InChI=1S/C5H9O2/c1-4(2)5(7)3-6/h3-4,6H,1-2H3. The molecule has 0 aliphatic carbocycles. The first-order chi connectivity index (χ1) is 3.18. The summed E-state index contributed by atoms with van der Waals surface area (Å²) in [6.07, 6.45) is 0. The number of hydrogen-bond donors (Lipinski definition) is 1. The van der Waals surface area contributed by atoms with Gasteiger partial charge >= 0.3 is 0 Å². The third-order valence-electron chi connectivity index (χ3n) is 0.696. The van der Waals surface area contributed by atoms with E-state index in [4.69, 9.17) is 5.11 Å². The Kier molecular flexibility index (Phi) is 2.60. The fourth-order valence-electron chi connectivity index (χ4n) is 0.149. The van der Waals surface area contributed by atoms with Crippen molar-refractivity contribution in [2.24, 2.45) is 5.92 Å². The lowest BCUT2D eigenvalue weighted by molar-refractivity contribution is -0.121. The van der Waals surface area contributed by atoms with Gasteiger partial charge in [0.15, 0.2) is 5.78 Å². The molecule has 0 fully saturated rings. The van der Waals surface area contributed by atoms with Gasteiger partial charge in [0.25, 0.3) is 0 Å². The van der Waals surface area contributed by atoms with Gasteiger partial charge in [0.05, 0.1) is 0 Å². The highest BCUT2D eigenvalue weighted by atomic mass is 16.3. The summed E-state index contributed by atoms with van der Waals surface area (Å²) in [7, 11) is 0. The molecule has 1 radical (unpaired) electrons. The Balaban J connectivity index is 3.35. The van der Waals surface area contributed by atoms with E-state index in [0.717, 1.165) is 0 Å². The topological polar surface area (TPSA) is 37.3 Å². The van der Waals surface area contributed by atoms with Gasteiger partial charge < -0.3 is 5.11 Å².